The Labute approximate surface area is 135 Å². The van der Waals surface area contributed by atoms with Crippen molar-refractivity contribution in [3.05, 3.63) is 47.7 Å². The molecule has 1 atom stereocenters. The minimum absolute atomic E-state index is 0.151. The fourth-order valence-corrected chi connectivity index (χ4v) is 2.65. The Morgan fingerprint density at radius 3 is 3.04 bits per heavy atom. The Morgan fingerprint density at radius 2 is 2.30 bits per heavy atom. The summed E-state index contributed by atoms with van der Waals surface area (Å²) in [5.74, 6) is 1.68. The van der Waals surface area contributed by atoms with Crippen molar-refractivity contribution in [1.29, 1.82) is 0 Å². The number of anilines is 1. The summed E-state index contributed by atoms with van der Waals surface area (Å²) < 4.78 is 11.4. The van der Waals surface area contributed by atoms with E-state index < -0.39 is 0 Å². The van der Waals surface area contributed by atoms with Gasteiger partial charge in [-0.3, -0.25) is 4.98 Å². The van der Waals surface area contributed by atoms with Gasteiger partial charge in [0.15, 0.2) is 0 Å². The van der Waals surface area contributed by atoms with Crippen LogP contribution in [0.1, 0.15) is 30.0 Å². The van der Waals surface area contributed by atoms with Crippen LogP contribution in [0.3, 0.4) is 0 Å². The molecule has 2 aromatic heterocycles. The van der Waals surface area contributed by atoms with Gasteiger partial charge in [0, 0.05) is 31.0 Å². The molecule has 1 aliphatic heterocycles. The van der Waals surface area contributed by atoms with E-state index in [1.807, 2.05) is 26.0 Å². The van der Waals surface area contributed by atoms with Crippen LogP contribution in [0.5, 0.6) is 0 Å². The maximum absolute atomic E-state index is 12.7. The van der Waals surface area contributed by atoms with Crippen LogP contribution < -0.4 is 5.32 Å². The van der Waals surface area contributed by atoms with E-state index in [0.29, 0.717) is 19.8 Å². The first-order valence-electron chi connectivity index (χ1n) is 7.83. The molecule has 2 aromatic rings. The summed E-state index contributed by atoms with van der Waals surface area (Å²) in [4.78, 5) is 18.5. The fourth-order valence-electron chi connectivity index (χ4n) is 2.65. The van der Waals surface area contributed by atoms with Gasteiger partial charge in [-0.15, -0.1) is 0 Å². The molecular weight excluding hydrogens is 294 g/mol. The maximum atomic E-state index is 12.7. The van der Waals surface area contributed by atoms with E-state index in [1.54, 1.807) is 23.4 Å². The van der Waals surface area contributed by atoms with Gasteiger partial charge in [-0.1, -0.05) is 6.92 Å². The lowest BCUT2D eigenvalue weighted by Crippen LogP contribution is -2.45. The molecule has 23 heavy (non-hydrogen) atoms. The van der Waals surface area contributed by atoms with Gasteiger partial charge in [-0.05, 0) is 30.7 Å². The molecule has 0 bridgehead atoms. The normalized spacial score (nSPS) is 18.0. The third kappa shape index (κ3) is 3.37. The van der Waals surface area contributed by atoms with E-state index in [1.165, 1.54) is 0 Å². The van der Waals surface area contributed by atoms with Gasteiger partial charge in [0.05, 0.1) is 13.2 Å². The SMILES string of the molecule is CCc1ccc([C@@H]2COCCN2C(=O)Nc2ccncc2C)o1. The van der Waals surface area contributed by atoms with Crippen LogP contribution in [-0.2, 0) is 11.2 Å². The molecule has 0 radical (unpaired) electrons. The number of hydrogen-bond acceptors (Lipinski definition) is 4. The van der Waals surface area contributed by atoms with Crippen LogP contribution >= 0.6 is 0 Å². The number of aryl methyl sites for hydroxylation is 2. The second-order valence-corrected chi connectivity index (χ2v) is 5.56. The van der Waals surface area contributed by atoms with Crippen LogP contribution in [0, 0.1) is 6.92 Å². The number of nitrogens with zero attached hydrogens (tertiary/aromatic N) is 2. The number of carbonyl (C=O) groups is 1. The first-order valence-corrected chi connectivity index (χ1v) is 7.83. The first-order chi connectivity index (χ1) is 11.2. The molecule has 0 aromatic carbocycles. The van der Waals surface area contributed by atoms with Crippen molar-refractivity contribution in [3.8, 4) is 0 Å². The summed E-state index contributed by atoms with van der Waals surface area (Å²) in [6.07, 6.45) is 4.22. The number of amides is 2. The van der Waals surface area contributed by atoms with Crippen LogP contribution in [0.4, 0.5) is 10.5 Å². The molecule has 0 spiro atoms. The molecule has 122 valence electrons. The lowest BCUT2D eigenvalue weighted by Gasteiger charge is -2.34. The molecule has 3 rings (SSSR count). The highest BCUT2D eigenvalue weighted by molar-refractivity contribution is 5.90. The zero-order valence-corrected chi connectivity index (χ0v) is 13.4. The van der Waals surface area contributed by atoms with Gasteiger partial charge >= 0.3 is 6.03 Å². The summed E-state index contributed by atoms with van der Waals surface area (Å²) in [6.45, 7) is 5.46. The van der Waals surface area contributed by atoms with Crippen molar-refractivity contribution in [3.63, 3.8) is 0 Å². The number of morpholine rings is 1. The molecule has 1 N–H and O–H groups in total. The number of rotatable bonds is 3. The number of aromatic nitrogens is 1. The number of ether oxygens (including phenoxy) is 1. The molecular formula is C17H21N3O3. The van der Waals surface area contributed by atoms with Crippen LogP contribution in [0.25, 0.3) is 0 Å². The number of carbonyl (C=O) groups excluding carboxylic acids is 1. The van der Waals surface area contributed by atoms with E-state index in [4.69, 9.17) is 9.15 Å². The largest absolute Gasteiger partial charge is 0.464 e. The zero-order valence-electron chi connectivity index (χ0n) is 13.4. The zero-order chi connectivity index (χ0) is 16.2. The minimum Gasteiger partial charge on any atom is -0.464 e. The third-order valence-corrected chi connectivity index (χ3v) is 4.01. The van der Waals surface area contributed by atoms with Crippen molar-refractivity contribution in [1.82, 2.24) is 9.88 Å². The second kappa shape index (κ2) is 6.83. The standard InChI is InChI=1S/C17H21N3O3/c1-3-13-4-5-16(23-13)15-11-22-9-8-20(15)17(21)19-14-6-7-18-10-12(14)2/h4-7,10,15H,3,8-9,11H2,1-2H3,(H,18,19,21)/t15-/m0/s1. The molecule has 1 aliphatic rings. The van der Waals surface area contributed by atoms with Gasteiger partial charge in [-0.25, -0.2) is 4.79 Å². The molecule has 0 aliphatic carbocycles. The van der Waals surface area contributed by atoms with Crippen molar-refractivity contribution >= 4 is 11.7 Å². The molecule has 2 amide bonds. The monoisotopic (exact) mass is 315 g/mol. The van der Waals surface area contributed by atoms with E-state index in [-0.39, 0.29) is 12.1 Å². The van der Waals surface area contributed by atoms with E-state index in [2.05, 4.69) is 10.3 Å². The number of urea groups is 1. The summed E-state index contributed by atoms with van der Waals surface area (Å²) in [5, 5.41) is 2.95. The van der Waals surface area contributed by atoms with Crippen molar-refractivity contribution in [2.45, 2.75) is 26.3 Å². The summed E-state index contributed by atoms with van der Waals surface area (Å²) in [7, 11) is 0. The smallest absolute Gasteiger partial charge is 0.322 e. The first kappa shape index (κ1) is 15.6. The Hall–Kier alpha value is -2.34. The Kier molecular flexibility index (Phi) is 4.62. The summed E-state index contributed by atoms with van der Waals surface area (Å²) >= 11 is 0. The quantitative estimate of drug-likeness (QED) is 0.945. The van der Waals surface area contributed by atoms with Crippen molar-refractivity contribution in [2.24, 2.45) is 0 Å². The van der Waals surface area contributed by atoms with Crippen LogP contribution in [-0.4, -0.2) is 35.7 Å². The number of furan rings is 1. The highest BCUT2D eigenvalue weighted by Crippen LogP contribution is 2.27. The average molecular weight is 315 g/mol. The molecule has 6 nitrogen and oxygen atoms in total. The molecule has 1 saturated heterocycles. The number of nitrogens with one attached hydrogen (secondary N) is 1. The number of pyridine rings is 1. The highest BCUT2D eigenvalue weighted by Gasteiger charge is 2.31. The van der Waals surface area contributed by atoms with Crippen molar-refractivity contribution < 1.29 is 13.9 Å². The molecule has 0 unspecified atom stereocenters. The fraction of sp³-hybridized carbons (Fsp3) is 0.412. The van der Waals surface area contributed by atoms with E-state index in [9.17, 15) is 4.79 Å². The van der Waals surface area contributed by atoms with Gasteiger partial charge in [0.25, 0.3) is 0 Å². The topological polar surface area (TPSA) is 67.6 Å². The Balaban J connectivity index is 1.78. The summed E-state index contributed by atoms with van der Waals surface area (Å²) in [5.41, 5.74) is 1.70. The summed E-state index contributed by atoms with van der Waals surface area (Å²) in [6, 6.07) is 5.32. The lowest BCUT2D eigenvalue weighted by atomic mass is 10.2. The van der Waals surface area contributed by atoms with Gasteiger partial charge in [-0.2, -0.15) is 0 Å². The van der Waals surface area contributed by atoms with Gasteiger partial charge in [0.2, 0.25) is 0 Å². The second-order valence-electron chi connectivity index (χ2n) is 5.56. The highest BCUT2D eigenvalue weighted by atomic mass is 16.5. The molecule has 1 fully saturated rings. The average Bonchev–Trinajstić information content (AvgIpc) is 3.06. The van der Waals surface area contributed by atoms with Crippen molar-refractivity contribution in [2.75, 3.05) is 25.1 Å². The van der Waals surface area contributed by atoms with Gasteiger partial charge < -0.3 is 19.4 Å². The van der Waals surface area contributed by atoms with E-state index >= 15 is 0 Å². The molecule has 0 saturated carbocycles. The molecule has 3 heterocycles. The van der Waals surface area contributed by atoms with Crippen LogP contribution in [0.2, 0.25) is 0 Å². The predicted molar refractivity (Wildman–Crippen MR) is 86.3 cm³/mol. The Morgan fingerprint density at radius 1 is 1.43 bits per heavy atom. The maximum Gasteiger partial charge on any atom is 0.322 e. The third-order valence-electron chi connectivity index (χ3n) is 4.01. The predicted octanol–water partition coefficient (Wildman–Crippen LogP) is 3.15. The van der Waals surface area contributed by atoms with Crippen LogP contribution in [0.15, 0.2) is 35.0 Å². The number of hydrogen-bond donors (Lipinski definition) is 1. The minimum atomic E-state index is -0.203. The van der Waals surface area contributed by atoms with Gasteiger partial charge in [0.1, 0.15) is 17.6 Å². The lowest BCUT2D eigenvalue weighted by molar-refractivity contribution is 0.00701. The van der Waals surface area contributed by atoms with E-state index in [0.717, 1.165) is 29.2 Å². The molecule has 6 heteroatoms. The Bertz CT molecular complexity index is 683.